The molecule has 3 aromatic rings. The summed E-state index contributed by atoms with van der Waals surface area (Å²) in [7, 11) is -0.470. The van der Waals surface area contributed by atoms with Crippen molar-refractivity contribution in [3.05, 3.63) is 76.2 Å². The molecule has 2 heterocycles. The molecule has 0 saturated carbocycles. The van der Waals surface area contributed by atoms with Gasteiger partial charge in [-0.3, -0.25) is 4.79 Å². The third-order valence-electron chi connectivity index (χ3n) is 4.47. The first-order valence-corrected chi connectivity index (χ1v) is 11.1. The highest BCUT2D eigenvalue weighted by molar-refractivity contribution is 7.89. The molecule has 0 aliphatic carbocycles. The molecular formula is C20H23N3O3S2. The standard InChI is InChI=1S/C20H23N3O3S2/c1-15(16-8-10-18(11-9-16)28(25,26)22(2)3)21-20(24)19-7-4-12-23(19)14-17-6-5-13-27-17/h4-13,15H,14H2,1-3H3,(H,21,24). The lowest BCUT2D eigenvalue weighted by Crippen LogP contribution is -2.28. The summed E-state index contributed by atoms with van der Waals surface area (Å²) in [6, 6.07) is 14.0. The van der Waals surface area contributed by atoms with Gasteiger partial charge in [0.1, 0.15) is 5.69 Å². The molecule has 3 rings (SSSR count). The molecule has 1 N–H and O–H groups in total. The van der Waals surface area contributed by atoms with Gasteiger partial charge in [0, 0.05) is 25.2 Å². The van der Waals surface area contributed by atoms with E-state index in [0.29, 0.717) is 12.2 Å². The predicted octanol–water partition coefficient (Wildman–Crippen LogP) is 3.34. The lowest BCUT2D eigenvalue weighted by atomic mass is 10.1. The van der Waals surface area contributed by atoms with E-state index in [-0.39, 0.29) is 16.8 Å². The van der Waals surface area contributed by atoms with Crippen LogP contribution in [0.1, 0.15) is 33.9 Å². The van der Waals surface area contributed by atoms with Gasteiger partial charge in [-0.2, -0.15) is 0 Å². The second-order valence-corrected chi connectivity index (χ2v) is 9.84. The van der Waals surface area contributed by atoms with Gasteiger partial charge in [-0.15, -0.1) is 11.3 Å². The van der Waals surface area contributed by atoms with Crippen LogP contribution in [0.25, 0.3) is 0 Å². The molecule has 1 atom stereocenters. The summed E-state index contributed by atoms with van der Waals surface area (Å²) in [5.74, 6) is -0.168. The average Bonchev–Trinajstić information content (AvgIpc) is 3.34. The van der Waals surface area contributed by atoms with Gasteiger partial charge >= 0.3 is 0 Å². The lowest BCUT2D eigenvalue weighted by Gasteiger charge is -2.17. The zero-order valence-electron chi connectivity index (χ0n) is 16.0. The van der Waals surface area contributed by atoms with E-state index >= 15 is 0 Å². The van der Waals surface area contributed by atoms with Crippen LogP contribution in [0.3, 0.4) is 0 Å². The normalized spacial score (nSPS) is 12.9. The molecule has 2 aromatic heterocycles. The van der Waals surface area contributed by atoms with Crippen molar-refractivity contribution in [3.8, 4) is 0 Å². The third kappa shape index (κ3) is 4.35. The number of carbonyl (C=O) groups excluding carboxylic acids is 1. The number of thiophene rings is 1. The molecule has 6 nitrogen and oxygen atoms in total. The second-order valence-electron chi connectivity index (χ2n) is 6.65. The molecule has 0 aliphatic heterocycles. The van der Waals surface area contributed by atoms with Crippen LogP contribution in [0.15, 0.2) is 65.0 Å². The fraction of sp³-hybridized carbons (Fsp3) is 0.250. The minimum absolute atomic E-state index is 0.168. The van der Waals surface area contributed by atoms with Gasteiger partial charge in [-0.25, -0.2) is 12.7 Å². The van der Waals surface area contributed by atoms with Crippen LogP contribution in [0.5, 0.6) is 0 Å². The monoisotopic (exact) mass is 417 g/mol. The van der Waals surface area contributed by atoms with Crippen molar-refractivity contribution >= 4 is 27.3 Å². The molecule has 8 heteroatoms. The number of hydrogen-bond donors (Lipinski definition) is 1. The number of amides is 1. The molecule has 0 spiro atoms. The summed E-state index contributed by atoms with van der Waals surface area (Å²) in [4.78, 5) is 14.1. The van der Waals surface area contributed by atoms with Crippen molar-refractivity contribution in [1.29, 1.82) is 0 Å². The largest absolute Gasteiger partial charge is 0.344 e. The fourth-order valence-electron chi connectivity index (χ4n) is 2.82. The number of benzene rings is 1. The highest BCUT2D eigenvalue weighted by Gasteiger charge is 2.19. The SMILES string of the molecule is CC(NC(=O)c1cccn1Cc1cccs1)c1ccc(S(=O)(=O)N(C)C)cc1. The maximum Gasteiger partial charge on any atom is 0.268 e. The number of rotatable bonds is 7. The second kappa shape index (κ2) is 8.30. The summed E-state index contributed by atoms with van der Waals surface area (Å²) in [5.41, 5.74) is 1.43. The fourth-order valence-corrected chi connectivity index (χ4v) is 4.43. The minimum Gasteiger partial charge on any atom is -0.344 e. The van der Waals surface area contributed by atoms with Gasteiger partial charge in [0.05, 0.1) is 17.5 Å². The van der Waals surface area contributed by atoms with Gasteiger partial charge < -0.3 is 9.88 Å². The van der Waals surface area contributed by atoms with Crippen LogP contribution >= 0.6 is 11.3 Å². The first-order valence-electron chi connectivity index (χ1n) is 8.80. The van der Waals surface area contributed by atoms with E-state index in [2.05, 4.69) is 5.32 Å². The van der Waals surface area contributed by atoms with E-state index < -0.39 is 10.0 Å². The zero-order chi connectivity index (χ0) is 20.3. The predicted molar refractivity (Wildman–Crippen MR) is 111 cm³/mol. The van der Waals surface area contributed by atoms with Gasteiger partial charge in [0.15, 0.2) is 0 Å². The Labute approximate surface area is 169 Å². The molecule has 1 unspecified atom stereocenters. The summed E-state index contributed by atoms with van der Waals surface area (Å²) >= 11 is 1.65. The van der Waals surface area contributed by atoms with Crippen LogP contribution in [0.4, 0.5) is 0 Å². The van der Waals surface area contributed by atoms with Crippen molar-refractivity contribution in [2.45, 2.75) is 24.4 Å². The van der Waals surface area contributed by atoms with Gasteiger partial charge in [-0.1, -0.05) is 18.2 Å². The van der Waals surface area contributed by atoms with E-state index in [0.717, 1.165) is 5.56 Å². The average molecular weight is 418 g/mol. The van der Waals surface area contributed by atoms with E-state index in [1.54, 1.807) is 41.7 Å². The summed E-state index contributed by atoms with van der Waals surface area (Å²) in [5, 5.41) is 5.00. The van der Waals surface area contributed by atoms with Crippen LogP contribution < -0.4 is 5.32 Å². The molecule has 28 heavy (non-hydrogen) atoms. The van der Waals surface area contributed by atoms with Crippen molar-refractivity contribution in [2.24, 2.45) is 0 Å². The molecule has 0 fully saturated rings. The quantitative estimate of drug-likeness (QED) is 0.641. The maximum absolute atomic E-state index is 12.7. The Kier molecular flexibility index (Phi) is 6.02. The Hall–Kier alpha value is -2.42. The summed E-state index contributed by atoms with van der Waals surface area (Å²) in [6.07, 6.45) is 1.89. The van der Waals surface area contributed by atoms with Gasteiger partial charge in [0.25, 0.3) is 5.91 Å². The molecule has 0 radical (unpaired) electrons. The van der Waals surface area contributed by atoms with Crippen molar-refractivity contribution in [1.82, 2.24) is 14.2 Å². The summed E-state index contributed by atoms with van der Waals surface area (Å²) in [6.45, 7) is 2.53. The molecule has 0 saturated heterocycles. The minimum atomic E-state index is -3.46. The van der Waals surface area contributed by atoms with E-state index in [1.807, 2.05) is 41.3 Å². The first-order chi connectivity index (χ1) is 13.3. The highest BCUT2D eigenvalue weighted by atomic mass is 32.2. The Morgan fingerprint density at radius 1 is 1.14 bits per heavy atom. The maximum atomic E-state index is 12.7. The number of sulfonamides is 1. The van der Waals surface area contributed by atoms with Crippen molar-refractivity contribution in [2.75, 3.05) is 14.1 Å². The molecule has 148 valence electrons. The van der Waals surface area contributed by atoms with Gasteiger partial charge in [0.2, 0.25) is 10.0 Å². The third-order valence-corrected chi connectivity index (χ3v) is 7.17. The van der Waals surface area contributed by atoms with Crippen LogP contribution in [0, 0.1) is 0 Å². The number of carbonyl (C=O) groups is 1. The summed E-state index contributed by atoms with van der Waals surface area (Å²) < 4.78 is 27.4. The van der Waals surface area contributed by atoms with E-state index in [9.17, 15) is 13.2 Å². The van der Waals surface area contributed by atoms with Crippen LogP contribution in [-0.2, 0) is 16.6 Å². The topological polar surface area (TPSA) is 71.4 Å². The van der Waals surface area contributed by atoms with Crippen LogP contribution in [0.2, 0.25) is 0 Å². The number of aromatic nitrogens is 1. The first kappa shape index (κ1) is 20.3. The zero-order valence-corrected chi connectivity index (χ0v) is 17.6. The van der Waals surface area contributed by atoms with Crippen molar-refractivity contribution < 1.29 is 13.2 Å². The molecule has 0 aliphatic rings. The van der Waals surface area contributed by atoms with Gasteiger partial charge in [-0.05, 0) is 48.2 Å². The number of nitrogens with one attached hydrogen (secondary N) is 1. The number of hydrogen-bond acceptors (Lipinski definition) is 4. The van der Waals surface area contributed by atoms with E-state index in [1.165, 1.54) is 23.3 Å². The smallest absolute Gasteiger partial charge is 0.268 e. The Bertz CT molecular complexity index is 1040. The Morgan fingerprint density at radius 3 is 2.46 bits per heavy atom. The molecule has 1 amide bonds. The van der Waals surface area contributed by atoms with Crippen molar-refractivity contribution in [3.63, 3.8) is 0 Å². The Morgan fingerprint density at radius 2 is 1.86 bits per heavy atom. The van der Waals surface area contributed by atoms with E-state index in [4.69, 9.17) is 0 Å². The lowest BCUT2D eigenvalue weighted by molar-refractivity contribution is 0.0931. The number of nitrogens with zero attached hydrogens (tertiary/aromatic N) is 2. The molecule has 0 bridgehead atoms. The Balaban J connectivity index is 1.71. The highest BCUT2D eigenvalue weighted by Crippen LogP contribution is 2.19. The molecule has 1 aromatic carbocycles. The molecular weight excluding hydrogens is 394 g/mol. The van der Waals surface area contributed by atoms with Crippen LogP contribution in [-0.4, -0.2) is 37.3 Å².